The van der Waals surface area contributed by atoms with E-state index < -0.39 is 22.1 Å². The van der Waals surface area contributed by atoms with Gasteiger partial charge in [-0.25, -0.2) is 12.8 Å². The second-order valence-corrected chi connectivity index (χ2v) is 7.59. The fraction of sp³-hybridized carbons (Fsp3) is 0.600. The van der Waals surface area contributed by atoms with E-state index in [0.717, 1.165) is 18.9 Å². The molecular weight excluding hydrogens is 309 g/mol. The van der Waals surface area contributed by atoms with Gasteiger partial charge in [-0.05, 0) is 37.5 Å². The van der Waals surface area contributed by atoms with Gasteiger partial charge in [0.05, 0.1) is 24.2 Å². The average molecular weight is 329 g/mol. The molecule has 7 heteroatoms. The molecule has 0 saturated carbocycles. The lowest BCUT2D eigenvalue weighted by Crippen LogP contribution is -2.50. The van der Waals surface area contributed by atoms with Gasteiger partial charge in [-0.2, -0.15) is 4.31 Å². The Morgan fingerprint density at radius 1 is 1.23 bits per heavy atom. The lowest BCUT2D eigenvalue weighted by atomic mass is 10.0. The second kappa shape index (κ2) is 6.23. The van der Waals surface area contributed by atoms with Crippen LogP contribution >= 0.6 is 0 Å². The van der Waals surface area contributed by atoms with Crippen LogP contribution in [-0.4, -0.2) is 44.8 Å². The summed E-state index contributed by atoms with van der Waals surface area (Å²) in [4.78, 5) is -0.0134. The second-order valence-electron chi connectivity index (χ2n) is 5.70. The molecule has 22 heavy (non-hydrogen) atoms. The minimum atomic E-state index is -3.75. The van der Waals surface area contributed by atoms with Crippen molar-refractivity contribution in [1.29, 1.82) is 0 Å². The number of hydrogen-bond acceptors (Lipinski definition) is 4. The Balaban J connectivity index is 1.92. The number of aryl methyl sites for hydroxylation is 1. The first-order valence-electron chi connectivity index (χ1n) is 7.51. The molecule has 1 aromatic rings. The first-order chi connectivity index (χ1) is 10.5. The summed E-state index contributed by atoms with van der Waals surface area (Å²) < 4.78 is 51.9. The maximum absolute atomic E-state index is 13.7. The molecule has 122 valence electrons. The summed E-state index contributed by atoms with van der Waals surface area (Å²) in [7, 11) is -3.75. The Bertz CT molecular complexity index is 643. The molecule has 0 aliphatic carbocycles. The molecule has 0 unspecified atom stereocenters. The maximum atomic E-state index is 13.7. The zero-order chi connectivity index (χ0) is 15.7. The van der Waals surface area contributed by atoms with Gasteiger partial charge in [0.1, 0.15) is 5.82 Å². The van der Waals surface area contributed by atoms with Gasteiger partial charge in [0.2, 0.25) is 10.0 Å². The molecule has 1 aromatic carbocycles. The average Bonchev–Trinajstić information content (AvgIpc) is 3.04. The smallest absolute Gasteiger partial charge is 0.243 e. The zero-order valence-corrected chi connectivity index (χ0v) is 13.3. The molecular formula is C15H20FNO4S. The summed E-state index contributed by atoms with van der Waals surface area (Å²) in [5, 5.41) is 0. The molecule has 2 fully saturated rings. The van der Waals surface area contributed by atoms with Crippen LogP contribution in [0.4, 0.5) is 4.39 Å². The number of nitrogens with zero attached hydrogens (tertiary/aromatic N) is 1. The topological polar surface area (TPSA) is 55.8 Å². The molecule has 2 heterocycles. The molecule has 0 radical (unpaired) electrons. The van der Waals surface area contributed by atoms with E-state index in [0.29, 0.717) is 31.7 Å². The lowest BCUT2D eigenvalue weighted by Gasteiger charge is -2.36. The molecule has 5 nitrogen and oxygen atoms in total. The van der Waals surface area contributed by atoms with Crippen LogP contribution in [0.5, 0.6) is 0 Å². The largest absolute Gasteiger partial charge is 0.349 e. The third-order valence-corrected chi connectivity index (χ3v) is 6.13. The van der Waals surface area contributed by atoms with Crippen molar-refractivity contribution in [3.8, 4) is 0 Å². The first kappa shape index (κ1) is 15.9. The fourth-order valence-corrected chi connectivity index (χ4v) is 4.66. The van der Waals surface area contributed by atoms with Crippen molar-refractivity contribution in [1.82, 2.24) is 4.31 Å². The van der Waals surface area contributed by atoms with Gasteiger partial charge in [0.15, 0.2) is 6.29 Å². The summed E-state index contributed by atoms with van der Waals surface area (Å²) in [5.41, 5.74) is 0.427. The Labute approximate surface area is 130 Å². The summed E-state index contributed by atoms with van der Waals surface area (Å²) in [6, 6.07) is 3.69. The minimum Gasteiger partial charge on any atom is -0.349 e. The van der Waals surface area contributed by atoms with Crippen molar-refractivity contribution < 1.29 is 22.3 Å². The molecule has 2 aliphatic rings. The van der Waals surface area contributed by atoms with E-state index in [9.17, 15) is 12.8 Å². The molecule has 1 atom stereocenters. The van der Waals surface area contributed by atoms with Crippen LogP contribution in [0.15, 0.2) is 23.1 Å². The van der Waals surface area contributed by atoms with Crippen molar-refractivity contribution in [2.75, 3.05) is 19.8 Å². The highest BCUT2D eigenvalue weighted by atomic mass is 32.2. The van der Waals surface area contributed by atoms with Crippen LogP contribution in [0.2, 0.25) is 0 Å². The summed E-state index contributed by atoms with van der Waals surface area (Å²) >= 11 is 0. The number of ether oxygens (including phenoxy) is 2. The van der Waals surface area contributed by atoms with E-state index in [1.54, 1.807) is 6.92 Å². The van der Waals surface area contributed by atoms with Gasteiger partial charge in [-0.3, -0.25) is 0 Å². The van der Waals surface area contributed by atoms with Crippen LogP contribution in [-0.2, 0) is 19.5 Å². The number of benzene rings is 1. The number of sulfonamides is 1. The maximum Gasteiger partial charge on any atom is 0.243 e. The lowest BCUT2D eigenvalue weighted by molar-refractivity contribution is -0.0913. The van der Waals surface area contributed by atoms with Gasteiger partial charge in [0.25, 0.3) is 0 Å². The van der Waals surface area contributed by atoms with Gasteiger partial charge >= 0.3 is 0 Å². The molecule has 2 saturated heterocycles. The molecule has 0 aromatic heterocycles. The van der Waals surface area contributed by atoms with Crippen molar-refractivity contribution in [2.24, 2.45) is 0 Å². The van der Waals surface area contributed by atoms with Gasteiger partial charge < -0.3 is 9.47 Å². The highest BCUT2D eigenvalue weighted by Crippen LogP contribution is 2.30. The Morgan fingerprint density at radius 3 is 2.64 bits per heavy atom. The van der Waals surface area contributed by atoms with E-state index in [4.69, 9.17) is 9.47 Å². The summed E-state index contributed by atoms with van der Waals surface area (Å²) in [5.74, 6) is -0.511. The normalized spacial score (nSPS) is 24.7. The third kappa shape index (κ3) is 2.90. The molecule has 2 aliphatic heterocycles. The number of rotatable bonds is 3. The first-order valence-corrected chi connectivity index (χ1v) is 8.95. The minimum absolute atomic E-state index is 0.0134. The standard InChI is InChI=1S/C15H20FNO4S/c1-11-5-6-12(10-13(11)16)22(18,19)17-7-3-2-4-14(17)15-20-8-9-21-15/h5-6,10,14-15H,2-4,7-9H2,1H3/t14-/m1/s1. The molecule has 3 rings (SSSR count). The quantitative estimate of drug-likeness (QED) is 0.852. The van der Waals surface area contributed by atoms with Crippen molar-refractivity contribution >= 4 is 10.0 Å². The van der Waals surface area contributed by atoms with Crippen LogP contribution in [0, 0.1) is 12.7 Å². The monoisotopic (exact) mass is 329 g/mol. The van der Waals surface area contributed by atoms with Crippen molar-refractivity contribution in [3.63, 3.8) is 0 Å². The van der Waals surface area contributed by atoms with Gasteiger partial charge in [-0.1, -0.05) is 12.5 Å². The van der Waals surface area contributed by atoms with Crippen molar-refractivity contribution in [2.45, 2.75) is 43.4 Å². The summed E-state index contributed by atoms with van der Waals surface area (Å²) in [6.07, 6.45) is 1.89. The van der Waals surface area contributed by atoms with Crippen LogP contribution in [0.3, 0.4) is 0 Å². The molecule has 0 bridgehead atoms. The van der Waals surface area contributed by atoms with E-state index in [-0.39, 0.29) is 10.9 Å². The fourth-order valence-electron chi connectivity index (χ4n) is 2.97. The SMILES string of the molecule is Cc1ccc(S(=O)(=O)N2CCCC[C@@H]2C2OCCO2)cc1F. The van der Waals surface area contributed by atoms with Gasteiger partial charge in [-0.15, -0.1) is 0 Å². The van der Waals surface area contributed by atoms with E-state index in [2.05, 4.69) is 0 Å². The Hall–Kier alpha value is -1.02. The predicted molar refractivity (Wildman–Crippen MR) is 78.4 cm³/mol. The van der Waals surface area contributed by atoms with Crippen LogP contribution in [0.1, 0.15) is 24.8 Å². The Kier molecular flexibility index (Phi) is 4.49. The highest BCUT2D eigenvalue weighted by molar-refractivity contribution is 7.89. The third-order valence-electron chi connectivity index (χ3n) is 4.21. The number of piperidine rings is 1. The van der Waals surface area contributed by atoms with Crippen molar-refractivity contribution in [3.05, 3.63) is 29.6 Å². The van der Waals surface area contributed by atoms with Crippen LogP contribution < -0.4 is 0 Å². The van der Waals surface area contributed by atoms with E-state index in [1.165, 1.54) is 16.4 Å². The van der Waals surface area contributed by atoms with Gasteiger partial charge in [0, 0.05) is 6.54 Å². The van der Waals surface area contributed by atoms with E-state index >= 15 is 0 Å². The Morgan fingerprint density at radius 2 is 1.95 bits per heavy atom. The van der Waals surface area contributed by atoms with Crippen LogP contribution in [0.25, 0.3) is 0 Å². The molecule has 0 spiro atoms. The number of halogens is 1. The molecule has 0 N–H and O–H groups in total. The highest BCUT2D eigenvalue weighted by Gasteiger charge is 2.40. The van der Waals surface area contributed by atoms with E-state index in [1.807, 2.05) is 0 Å². The number of hydrogen-bond donors (Lipinski definition) is 0. The predicted octanol–water partition coefficient (Wildman–Crippen LogP) is 2.05. The molecule has 0 amide bonds. The summed E-state index contributed by atoms with van der Waals surface area (Å²) in [6.45, 7) is 2.98. The zero-order valence-electron chi connectivity index (χ0n) is 12.5.